The van der Waals surface area contributed by atoms with Crippen molar-refractivity contribution in [2.24, 2.45) is 0 Å². The second-order valence-electron chi connectivity index (χ2n) is 4.69. The van der Waals surface area contributed by atoms with E-state index in [9.17, 15) is 0 Å². The van der Waals surface area contributed by atoms with E-state index in [1.807, 2.05) is 42.7 Å². The van der Waals surface area contributed by atoms with Crippen LogP contribution in [0.4, 0.5) is 0 Å². The van der Waals surface area contributed by atoms with Crippen LogP contribution in [0.1, 0.15) is 18.3 Å². The van der Waals surface area contributed by atoms with Crippen molar-refractivity contribution in [3.05, 3.63) is 60.2 Å². The first-order valence-corrected chi connectivity index (χ1v) is 7.11. The molecule has 0 spiro atoms. The first-order valence-electron chi connectivity index (χ1n) is 7.11. The Hall–Kier alpha value is -1.78. The van der Waals surface area contributed by atoms with Crippen LogP contribution in [-0.2, 0) is 13.1 Å². The zero-order chi connectivity index (χ0) is 14.0. The molecule has 0 aliphatic carbocycles. The number of hydrogen-bond donors (Lipinski definition) is 1. The van der Waals surface area contributed by atoms with Crippen LogP contribution in [0.25, 0.3) is 0 Å². The molecule has 0 aliphatic rings. The van der Waals surface area contributed by atoms with Crippen molar-refractivity contribution in [1.82, 2.24) is 20.2 Å². The molecule has 4 heteroatoms. The van der Waals surface area contributed by atoms with Crippen molar-refractivity contribution < 1.29 is 0 Å². The summed E-state index contributed by atoms with van der Waals surface area (Å²) in [6.45, 7) is 6.91. The number of pyridine rings is 2. The predicted octanol–water partition coefficient (Wildman–Crippen LogP) is 2.09. The van der Waals surface area contributed by atoms with Crippen molar-refractivity contribution in [2.45, 2.75) is 20.0 Å². The lowest BCUT2D eigenvalue weighted by Crippen LogP contribution is -2.31. The monoisotopic (exact) mass is 270 g/mol. The van der Waals surface area contributed by atoms with E-state index in [-0.39, 0.29) is 0 Å². The molecule has 0 atom stereocenters. The number of nitrogens with zero attached hydrogens (tertiary/aromatic N) is 3. The Morgan fingerprint density at radius 3 is 2.30 bits per heavy atom. The van der Waals surface area contributed by atoms with Gasteiger partial charge in [-0.05, 0) is 30.8 Å². The molecule has 0 aliphatic heterocycles. The van der Waals surface area contributed by atoms with Crippen LogP contribution in [0.2, 0.25) is 0 Å². The van der Waals surface area contributed by atoms with Crippen molar-refractivity contribution in [2.75, 3.05) is 19.6 Å². The third kappa shape index (κ3) is 5.07. The predicted molar refractivity (Wildman–Crippen MR) is 81.1 cm³/mol. The largest absolute Gasteiger partial charge is 0.310 e. The molecule has 1 N–H and O–H groups in total. The molecule has 2 aromatic rings. The summed E-state index contributed by atoms with van der Waals surface area (Å²) in [5.74, 6) is 0. The second-order valence-corrected chi connectivity index (χ2v) is 4.69. The Morgan fingerprint density at radius 1 is 1.00 bits per heavy atom. The van der Waals surface area contributed by atoms with Gasteiger partial charge < -0.3 is 5.32 Å². The lowest BCUT2D eigenvalue weighted by atomic mass is 10.3. The number of aromatic nitrogens is 2. The third-order valence-electron chi connectivity index (χ3n) is 3.20. The molecule has 0 amide bonds. The molecular weight excluding hydrogens is 248 g/mol. The fourth-order valence-electron chi connectivity index (χ4n) is 2.03. The molecule has 0 unspecified atom stereocenters. The second kappa shape index (κ2) is 8.40. The lowest BCUT2D eigenvalue weighted by molar-refractivity contribution is 0.275. The van der Waals surface area contributed by atoms with Crippen molar-refractivity contribution >= 4 is 0 Å². The molecule has 0 saturated carbocycles. The topological polar surface area (TPSA) is 41.0 Å². The van der Waals surface area contributed by atoms with Gasteiger partial charge in [0, 0.05) is 38.6 Å². The van der Waals surface area contributed by atoms with Crippen molar-refractivity contribution in [1.29, 1.82) is 0 Å². The molecule has 0 fully saturated rings. The first kappa shape index (κ1) is 14.6. The number of rotatable bonds is 8. The molecule has 0 radical (unpaired) electrons. The summed E-state index contributed by atoms with van der Waals surface area (Å²) in [4.78, 5) is 11.1. The highest BCUT2D eigenvalue weighted by molar-refractivity contribution is 5.04. The van der Waals surface area contributed by atoms with Gasteiger partial charge in [-0.25, -0.2) is 0 Å². The summed E-state index contributed by atoms with van der Waals surface area (Å²) in [5.41, 5.74) is 2.21. The summed E-state index contributed by atoms with van der Waals surface area (Å²) in [7, 11) is 0. The number of hydrogen-bond acceptors (Lipinski definition) is 4. The lowest BCUT2D eigenvalue weighted by Gasteiger charge is -2.20. The van der Waals surface area contributed by atoms with Crippen LogP contribution < -0.4 is 5.32 Å². The van der Waals surface area contributed by atoms with E-state index in [0.717, 1.165) is 44.1 Å². The van der Waals surface area contributed by atoms with E-state index in [4.69, 9.17) is 0 Å². The molecule has 4 nitrogen and oxygen atoms in total. The maximum atomic E-state index is 4.37. The number of likely N-dealkylation sites (N-methyl/N-ethyl adjacent to an activating group) is 1. The minimum atomic E-state index is 0.821. The Morgan fingerprint density at radius 2 is 1.70 bits per heavy atom. The highest BCUT2D eigenvalue weighted by Gasteiger charge is 2.03. The van der Waals surface area contributed by atoms with Gasteiger partial charge in [-0.2, -0.15) is 0 Å². The van der Waals surface area contributed by atoms with Gasteiger partial charge in [0.15, 0.2) is 0 Å². The molecule has 2 heterocycles. The Balaban J connectivity index is 1.69. The molecule has 0 saturated heterocycles. The Bertz CT molecular complexity index is 472. The minimum absolute atomic E-state index is 0.821. The molecule has 0 aromatic carbocycles. The Labute approximate surface area is 120 Å². The zero-order valence-electron chi connectivity index (χ0n) is 12.0. The van der Waals surface area contributed by atoms with Crippen LogP contribution >= 0.6 is 0 Å². The van der Waals surface area contributed by atoms with Crippen LogP contribution in [0, 0.1) is 0 Å². The van der Waals surface area contributed by atoms with Gasteiger partial charge in [-0.15, -0.1) is 0 Å². The molecule has 2 rings (SSSR count). The number of nitrogens with one attached hydrogen (secondary N) is 1. The quantitative estimate of drug-likeness (QED) is 0.746. The van der Waals surface area contributed by atoms with Gasteiger partial charge in [0.1, 0.15) is 0 Å². The summed E-state index contributed by atoms with van der Waals surface area (Å²) in [6.07, 6.45) is 3.68. The first-order chi connectivity index (χ1) is 9.88. The maximum Gasteiger partial charge on any atom is 0.0543 e. The third-order valence-corrected chi connectivity index (χ3v) is 3.20. The average molecular weight is 270 g/mol. The summed E-state index contributed by atoms with van der Waals surface area (Å²) >= 11 is 0. The summed E-state index contributed by atoms with van der Waals surface area (Å²) in [6, 6.07) is 12.1. The van der Waals surface area contributed by atoms with E-state index >= 15 is 0 Å². The summed E-state index contributed by atoms with van der Waals surface area (Å²) in [5, 5.41) is 3.43. The minimum Gasteiger partial charge on any atom is -0.310 e. The Kier molecular flexibility index (Phi) is 6.14. The van der Waals surface area contributed by atoms with E-state index in [0.29, 0.717) is 0 Å². The van der Waals surface area contributed by atoms with Crippen molar-refractivity contribution in [3.8, 4) is 0 Å². The average Bonchev–Trinajstić information content (AvgIpc) is 2.52. The van der Waals surface area contributed by atoms with Gasteiger partial charge in [0.2, 0.25) is 0 Å². The fourth-order valence-corrected chi connectivity index (χ4v) is 2.03. The van der Waals surface area contributed by atoms with Gasteiger partial charge >= 0.3 is 0 Å². The normalized spacial score (nSPS) is 10.9. The molecule has 0 bridgehead atoms. The SMILES string of the molecule is CCN(CCNCc1ccccn1)Cc1ccccn1. The van der Waals surface area contributed by atoms with E-state index in [1.165, 1.54) is 0 Å². The maximum absolute atomic E-state index is 4.37. The standard InChI is InChI=1S/C16H22N4/c1-2-20(14-16-8-4-6-10-19-16)12-11-17-13-15-7-3-5-9-18-15/h3-10,17H,2,11-14H2,1H3. The smallest absolute Gasteiger partial charge is 0.0543 e. The van der Waals surface area contributed by atoms with Gasteiger partial charge in [-0.1, -0.05) is 19.1 Å². The van der Waals surface area contributed by atoms with Crippen LogP contribution in [-0.4, -0.2) is 34.5 Å². The van der Waals surface area contributed by atoms with Gasteiger partial charge in [0.25, 0.3) is 0 Å². The summed E-state index contributed by atoms with van der Waals surface area (Å²) < 4.78 is 0. The van der Waals surface area contributed by atoms with Crippen LogP contribution in [0.15, 0.2) is 48.8 Å². The van der Waals surface area contributed by atoms with Gasteiger partial charge in [-0.3, -0.25) is 14.9 Å². The van der Waals surface area contributed by atoms with Crippen molar-refractivity contribution in [3.63, 3.8) is 0 Å². The van der Waals surface area contributed by atoms with E-state index < -0.39 is 0 Å². The van der Waals surface area contributed by atoms with Crippen LogP contribution in [0.3, 0.4) is 0 Å². The molecule has 106 valence electrons. The fraction of sp³-hybridized carbons (Fsp3) is 0.375. The highest BCUT2D eigenvalue weighted by atomic mass is 15.1. The molecule has 2 aromatic heterocycles. The van der Waals surface area contributed by atoms with E-state index in [2.05, 4.69) is 33.2 Å². The zero-order valence-corrected chi connectivity index (χ0v) is 12.0. The van der Waals surface area contributed by atoms with Gasteiger partial charge in [0.05, 0.1) is 11.4 Å². The molecule has 20 heavy (non-hydrogen) atoms. The molecular formula is C16H22N4. The highest BCUT2D eigenvalue weighted by Crippen LogP contribution is 2.00. The van der Waals surface area contributed by atoms with E-state index in [1.54, 1.807) is 0 Å². The van der Waals surface area contributed by atoms with Crippen LogP contribution in [0.5, 0.6) is 0 Å².